The van der Waals surface area contributed by atoms with Gasteiger partial charge in [0.1, 0.15) is 6.07 Å². The molecule has 7 heteroatoms. The molecule has 6 nitrogen and oxygen atoms in total. The SMILES string of the molecule is Cc1ccc(N/N=C(/C#N)C(=O)Nc2nc(-c3ccccc3)cs2)cc1. The second-order valence-electron chi connectivity index (χ2n) is 5.41. The second-order valence-corrected chi connectivity index (χ2v) is 6.27. The topological polar surface area (TPSA) is 90.2 Å². The van der Waals surface area contributed by atoms with Crippen molar-refractivity contribution in [2.45, 2.75) is 6.92 Å². The van der Waals surface area contributed by atoms with Crippen LogP contribution >= 0.6 is 11.3 Å². The average molecular weight is 361 g/mol. The molecule has 0 atom stereocenters. The highest BCUT2D eigenvalue weighted by atomic mass is 32.1. The fraction of sp³-hybridized carbons (Fsp3) is 0.0526. The molecule has 0 saturated carbocycles. The molecule has 3 rings (SSSR count). The lowest BCUT2D eigenvalue weighted by atomic mass is 10.2. The minimum atomic E-state index is -0.610. The molecular formula is C19H15N5OS. The molecule has 0 aliphatic rings. The number of carbonyl (C=O) groups excluding carboxylic acids is 1. The predicted octanol–water partition coefficient (Wildman–Crippen LogP) is 4.05. The summed E-state index contributed by atoms with van der Waals surface area (Å²) in [5.74, 6) is -0.610. The van der Waals surface area contributed by atoms with Gasteiger partial charge >= 0.3 is 0 Å². The van der Waals surface area contributed by atoms with E-state index in [0.29, 0.717) is 10.8 Å². The average Bonchev–Trinajstić information content (AvgIpc) is 3.13. The maximum atomic E-state index is 12.2. The van der Waals surface area contributed by atoms with Crippen molar-refractivity contribution in [1.82, 2.24) is 4.98 Å². The summed E-state index contributed by atoms with van der Waals surface area (Å²) in [6.07, 6.45) is 0. The molecule has 1 amide bonds. The third-order valence-corrected chi connectivity index (χ3v) is 4.22. The number of rotatable bonds is 5. The standard InChI is InChI=1S/C19H15N5OS/c1-13-7-9-15(10-8-13)23-24-16(11-20)18(25)22-19-21-17(12-26-19)14-5-3-2-4-6-14/h2-10,12,23H,1H3,(H,21,22,25)/b24-16-. The Bertz CT molecular complexity index is 971. The van der Waals surface area contributed by atoms with E-state index in [1.165, 1.54) is 11.3 Å². The Labute approximate surface area is 154 Å². The molecule has 0 spiro atoms. The molecule has 0 radical (unpaired) electrons. The Balaban J connectivity index is 1.68. The van der Waals surface area contributed by atoms with Crippen molar-refractivity contribution >= 4 is 33.8 Å². The number of aromatic nitrogens is 1. The van der Waals surface area contributed by atoms with Crippen LogP contribution in [0.3, 0.4) is 0 Å². The fourth-order valence-electron chi connectivity index (χ4n) is 2.10. The summed E-state index contributed by atoms with van der Waals surface area (Å²) in [6.45, 7) is 1.97. The van der Waals surface area contributed by atoms with Gasteiger partial charge in [-0.3, -0.25) is 15.5 Å². The minimum absolute atomic E-state index is 0.276. The van der Waals surface area contributed by atoms with Crippen molar-refractivity contribution in [2.75, 3.05) is 10.7 Å². The van der Waals surface area contributed by atoms with Gasteiger partial charge in [-0.05, 0) is 19.1 Å². The Morgan fingerprint density at radius 1 is 1.15 bits per heavy atom. The lowest BCUT2D eigenvalue weighted by Gasteiger charge is -2.02. The van der Waals surface area contributed by atoms with Crippen molar-refractivity contribution in [2.24, 2.45) is 5.10 Å². The first kappa shape index (κ1) is 17.3. The van der Waals surface area contributed by atoms with E-state index in [-0.39, 0.29) is 5.71 Å². The molecule has 3 aromatic rings. The third-order valence-electron chi connectivity index (χ3n) is 3.46. The van der Waals surface area contributed by atoms with Crippen LogP contribution in [0, 0.1) is 18.3 Å². The van der Waals surface area contributed by atoms with Crippen molar-refractivity contribution in [1.29, 1.82) is 5.26 Å². The first-order valence-corrected chi connectivity index (χ1v) is 8.66. The maximum Gasteiger partial charge on any atom is 0.288 e. The number of hydrogen-bond acceptors (Lipinski definition) is 6. The largest absolute Gasteiger partial charge is 0.296 e. The van der Waals surface area contributed by atoms with Gasteiger partial charge in [0.2, 0.25) is 5.71 Å². The van der Waals surface area contributed by atoms with Crippen molar-refractivity contribution in [3.8, 4) is 17.3 Å². The van der Waals surface area contributed by atoms with Gasteiger partial charge < -0.3 is 0 Å². The summed E-state index contributed by atoms with van der Waals surface area (Å²) in [6, 6.07) is 18.9. The molecule has 0 fully saturated rings. The number of anilines is 2. The molecular weight excluding hydrogens is 346 g/mol. The smallest absolute Gasteiger partial charge is 0.288 e. The number of hydrogen-bond donors (Lipinski definition) is 2. The predicted molar refractivity (Wildman–Crippen MR) is 104 cm³/mol. The van der Waals surface area contributed by atoms with E-state index in [4.69, 9.17) is 0 Å². The van der Waals surface area contributed by atoms with Crippen LogP contribution in [0.1, 0.15) is 5.56 Å². The lowest BCUT2D eigenvalue weighted by molar-refractivity contribution is -0.110. The van der Waals surface area contributed by atoms with E-state index in [1.807, 2.05) is 66.9 Å². The van der Waals surface area contributed by atoms with Crippen LogP contribution in [0.25, 0.3) is 11.3 Å². The summed E-state index contributed by atoms with van der Waals surface area (Å²) in [4.78, 5) is 16.6. The van der Waals surface area contributed by atoms with Crippen LogP contribution in [-0.4, -0.2) is 16.6 Å². The zero-order chi connectivity index (χ0) is 18.4. The molecule has 0 saturated heterocycles. The van der Waals surface area contributed by atoms with E-state index < -0.39 is 5.91 Å². The molecule has 0 aliphatic heterocycles. The molecule has 0 unspecified atom stereocenters. The highest BCUT2D eigenvalue weighted by molar-refractivity contribution is 7.14. The van der Waals surface area contributed by atoms with Crippen molar-refractivity contribution in [3.63, 3.8) is 0 Å². The van der Waals surface area contributed by atoms with E-state index in [2.05, 4.69) is 20.8 Å². The van der Waals surface area contributed by atoms with Gasteiger partial charge in [-0.1, -0.05) is 48.0 Å². The minimum Gasteiger partial charge on any atom is -0.296 e. The summed E-state index contributed by atoms with van der Waals surface area (Å²) in [7, 11) is 0. The van der Waals surface area contributed by atoms with Gasteiger partial charge in [-0.25, -0.2) is 4.98 Å². The number of amides is 1. The molecule has 1 aromatic heterocycles. The van der Waals surface area contributed by atoms with Gasteiger partial charge in [0.05, 0.1) is 11.4 Å². The van der Waals surface area contributed by atoms with Crippen LogP contribution < -0.4 is 10.7 Å². The third kappa shape index (κ3) is 4.32. The van der Waals surface area contributed by atoms with Gasteiger partial charge in [-0.15, -0.1) is 11.3 Å². The molecule has 128 valence electrons. The summed E-state index contributed by atoms with van der Waals surface area (Å²) in [5, 5.41) is 17.9. The number of hydrazone groups is 1. The van der Waals surface area contributed by atoms with Gasteiger partial charge in [0.25, 0.3) is 5.91 Å². The highest BCUT2D eigenvalue weighted by Crippen LogP contribution is 2.24. The summed E-state index contributed by atoms with van der Waals surface area (Å²) < 4.78 is 0. The Morgan fingerprint density at radius 2 is 1.88 bits per heavy atom. The molecule has 0 bridgehead atoms. The zero-order valence-electron chi connectivity index (χ0n) is 13.9. The van der Waals surface area contributed by atoms with Gasteiger partial charge in [0, 0.05) is 10.9 Å². The van der Waals surface area contributed by atoms with Crippen LogP contribution in [0.15, 0.2) is 65.1 Å². The Kier molecular flexibility index (Phi) is 5.37. The molecule has 2 aromatic carbocycles. The fourth-order valence-corrected chi connectivity index (χ4v) is 2.82. The number of aryl methyl sites for hydroxylation is 1. The number of nitrogens with one attached hydrogen (secondary N) is 2. The summed E-state index contributed by atoms with van der Waals surface area (Å²) in [5.41, 5.74) is 5.95. The van der Waals surface area contributed by atoms with E-state index in [1.54, 1.807) is 6.07 Å². The maximum absolute atomic E-state index is 12.2. The van der Waals surface area contributed by atoms with Gasteiger partial charge in [-0.2, -0.15) is 10.4 Å². The first-order valence-electron chi connectivity index (χ1n) is 7.78. The quantitative estimate of drug-likeness (QED) is 0.530. The molecule has 0 aliphatic carbocycles. The molecule has 26 heavy (non-hydrogen) atoms. The molecule has 1 heterocycles. The normalized spacial score (nSPS) is 10.8. The number of thiazole rings is 1. The Morgan fingerprint density at radius 3 is 2.58 bits per heavy atom. The number of nitrogens with zero attached hydrogens (tertiary/aromatic N) is 3. The van der Waals surface area contributed by atoms with Crippen molar-refractivity contribution < 1.29 is 4.79 Å². The van der Waals surface area contributed by atoms with Gasteiger partial charge in [0.15, 0.2) is 5.13 Å². The second kappa shape index (κ2) is 8.05. The number of carbonyl (C=O) groups is 1. The van der Waals surface area contributed by atoms with Crippen LogP contribution in [-0.2, 0) is 4.79 Å². The number of benzene rings is 2. The van der Waals surface area contributed by atoms with E-state index in [9.17, 15) is 10.1 Å². The monoisotopic (exact) mass is 361 g/mol. The van der Waals surface area contributed by atoms with Crippen LogP contribution in [0.2, 0.25) is 0 Å². The Hall–Kier alpha value is -3.50. The first-order chi connectivity index (χ1) is 12.7. The lowest BCUT2D eigenvalue weighted by Crippen LogP contribution is -2.22. The number of nitriles is 1. The highest BCUT2D eigenvalue weighted by Gasteiger charge is 2.14. The van der Waals surface area contributed by atoms with Crippen molar-refractivity contribution in [3.05, 3.63) is 65.5 Å². The zero-order valence-corrected chi connectivity index (χ0v) is 14.7. The van der Waals surface area contributed by atoms with Crippen LogP contribution in [0.4, 0.5) is 10.8 Å². The van der Waals surface area contributed by atoms with E-state index >= 15 is 0 Å². The van der Waals surface area contributed by atoms with Crippen LogP contribution in [0.5, 0.6) is 0 Å². The van der Waals surface area contributed by atoms with E-state index in [0.717, 1.165) is 16.8 Å². The summed E-state index contributed by atoms with van der Waals surface area (Å²) >= 11 is 1.29. The molecule has 2 N–H and O–H groups in total.